The maximum Gasteiger partial charge on any atom is 0.337 e. The van der Waals surface area contributed by atoms with Crippen LogP contribution in [0.5, 0.6) is 0 Å². The van der Waals surface area contributed by atoms with Gasteiger partial charge in [0.05, 0.1) is 11.1 Å². The van der Waals surface area contributed by atoms with E-state index in [1.54, 1.807) is 32.3 Å². The molecular formula is C25H20N2O3. The van der Waals surface area contributed by atoms with Crippen molar-refractivity contribution in [1.29, 1.82) is 0 Å². The first-order valence-electron chi connectivity index (χ1n) is 9.50. The zero-order valence-corrected chi connectivity index (χ0v) is 16.6. The minimum Gasteiger partial charge on any atom is -0.478 e. The van der Waals surface area contributed by atoms with Gasteiger partial charge in [-0.2, -0.15) is 0 Å². The van der Waals surface area contributed by atoms with Crippen LogP contribution in [-0.2, 0) is 9.59 Å². The molecule has 0 unspecified atom stereocenters. The number of nitrogens with zero attached hydrogens (tertiary/aromatic N) is 1. The molecule has 3 aromatic rings. The summed E-state index contributed by atoms with van der Waals surface area (Å²) in [6, 6.07) is 15.4. The number of pyridine rings is 1. The van der Waals surface area contributed by atoms with Crippen LogP contribution in [0.15, 0.2) is 83.8 Å². The first-order chi connectivity index (χ1) is 14.3. The predicted octanol–water partition coefficient (Wildman–Crippen LogP) is 4.38. The van der Waals surface area contributed by atoms with Gasteiger partial charge >= 0.3 is 5.97 Å². The van der Waals surface area contributed by atoms with Gasteiger partial charge in [-0.15, -0.1) is 0 Å². The zero-order chi connectivity index (χ0) is 21.5. The number of rotatable bonds is 3. The lowest BCUT2D eigenvalue weighted by Crippen LogP contribution is -2.26. The summed E-state index contributed by atoms with van der Waals surface area (Å²) >= 11 is 0. The van der Waals surface area contributed by atoms with Gasteiger partial charge in [0.2, 0.25) is 0 Å². The second kappa shape index (κ2) is 7.14. The van der Waals surface area contributed by atoms with Crippen LogP contribution in [0.2, 0.25) is 0 Å². The van der Waals surface area contributed by atoms with Crippen LogP contribution in [0, 0.1) is 5.41 Å². The van der Waals surface area contributed by atoms with Gasteiger partial charge in [0, 0.05) is 29.1 Å². The fourth-order valence-corrected chi connectivity index (χ4v) is 4.13. The Bertz CT molecular complexity index is 1290. The molecule has 30 heavy (non-hydrogen) atoms. The molecule has 1 aliphatic rings. The summed E-state index contributed by atoms with van der Waals surface area (Å²) in [6.45, 7) is 3.51. The number of fused-ring (bicyclic) bond motifs is 1. The summed E-state index contributed by atoms with van der Waals surface area (Å²) in [7, 11) is 0. The average Bonchev–Trinajstić information content (AvgIpc) is 2.72. The number of aliphatic carboxylic acids is 1. The van der Waals surface area contributed by atoms with Crippen LogP contribution in [0.4, 0.5) is 0 Å². The quantitative estimate of drug-likeness (QED) is 0.641. The fraction of sp³-hybridized carbons (Fsp3) is 0.120. The van der Waals surface area contributed by atoms with E-state index in [9.17, 15) is 14.7 Å². The standard InChI is InChI=1S/C25H20N2O3/c1-25(2)13-20(26)22(23(24(29)30)19(25)14-28)18-8-4-6-16-5-3-7-17(21(16)18)15-9-11-27-12-10-15/h3-13H,26H2,1-2H3,(H,29,30). The van der Waals surface area contributed by atoms with E-state index < -0.39 is 11.4 Å². The predicted molar refractivity (Wildman–Crippen MR) is 117 cm³/mol. The second-order valence-corrected chi connectivity index (χ2v) is 7.80. The van der Waals surface area contributed by atoms with E-state index in [1.165, 1.54) is 0 Å². The maximum atomic E-state index is 12.3. The Labute approximate surface area is 173 Å². The number of nitrogens with two attached hydrogens (primary N) is 1. The Morgan fingerprint density at radius 2 is 1.67 bits per heavy atom. The minimum absolute atomic E-state index is 0.0811. The number of carbonyl (C=O) groups excluding carboxylic acids is 1. The molecule has 1 aromatic heterocycles. The van der Waals surface area contributed by atoms with Crippen molar-refractivity contribution in [3.8, 4) is 11.1 Å². The van der Waals surface area contributed by atoms with Crippen molar-refractivity contribution in [2.75, 3.05) is 0 Å². The number of allylic oxidation sites excluding steroid dienone is 2. The van der Waals surface area contributed by atoms with Gasteiger partial charge in [0.1, 0.15) is 5.94 Å². The van der Waals surface area contributed by atoms with Gasteiger partial charge in [-0.05, 0) is 45.7 Å². The molecule has 0 atom stereocenters. The molecule has 0 amide bonds. The van der Waals surface area contributed by atoms with Crippen LogP contribution in [-0.4, -0.2) is 22.0 Å². The van der Waals surface area contributed by atoms with E-state index >= 15 is 0 Å². The van der Waals surface area contributed by atoms with Gasteiger partial charge < -0.3 is 10.8 Å². The Morgan fingerprint density at radius 3 is 2.27 bits per heavy atom. The molecule has 3 N–H and O–H groups in total. The Morgan fingerprint density at radius 1 is 1.03 bits per heavy atom. The van der Waals surface area contributed by atoms with Crippen LogP contribution in [0.1, 0.15) is 19.4 Å². The lowest BCUT2D eigenvalue weighted by Gasteiger charge is -2.30. The Hall–Kier alpha value is -3.95. The average molecular weight is 396 g/mol. The molecule has 0 spiro atoms. The molecule has 0 saturated heterocycles. The molecule has 0 radical (unpaired) electrons. The van der Waals surface area contributed by atoms with Crippen LogP contribution in [0.25, 0.3) is 27.5 Å². The Balaban J connectivity index is 2.15. The minimum atomic E-state index is -1.20. The first kappa shape index (κ1) is 19.4. The largest absolute Gasteiger partial charge is 0.478 e. The molecular weight excluding hydrogens is 376 g/mol. The number of aromatic nitrogens is 1. The van der Waals surface area contributed by atoms with E-state index in [0.717, 1.165) is 21.9 Å². The van der Waals surface area contributed by atoms with Crippen molar-refractivity contribution < 1.29 is 14.7 Å². The molecule has 0 fully saturated rings. The lowest BCUT2D eigenvalue weighted by molar-refractivity contribution is -0.132. The molecule has 4 rings (SSSR count). The Kier molecular flexibility index (Phi) is 4.61. The van der Waals surface area contributed by atoms with Gasteiger partial charge in [0.25, 0.3) is 0 Å². The van der Waals surface area contributed by atoms with E-state index in [4.69, 9.17) is 5.73 Å². The van der Waals surface area contributed by atoms with E-state index in [1.807, 2.05) is 54.5 Å². The van der Waals surface area contributed by atoms with Gasteiger partial charge in [0.15, 0.2) is 0 Å². The van der Waals surface area contributed by atoms with E-state index in [-0.39, 0.29) is 11.1 Å². The summed E-state index contributed by atoms with van der Waals surface area (Å²) in [5.74, 6) is 0.657. The fourth-order valence-electron chi connectivity index (χ4n) is 4.13. The monoisotopic (exact) mass is 396 g/mol. The molecule has 5 nitrogen and oxygen atoms in total. The highest BCUT2D eigenvalue weighted by Gasteiger charge is 2.37. The number of carbonyl (C=O) groups is 1. The van der Waals surface area contributed by atoms with Crippen molar-refractivity contribution >= 4 is 28.3 Å². The molecule has 1 aliphatic carbocycles. The number of carboxylic acid groups (broad SMARTS) is 1. The first-order valence-corrected chi connectivity index (χ1v) is 9.50. The zero-order valence-electron chi connectivity index (χ0n) is 16.6. The summed E-state index contributed by atoms with van der Waals surface area (Å²) in [5.41, 5.74) is 8.75. The van der Waals surface area contributed by atoms with Crippen LogP contribution >= 0.6 is 0 Å². The van der Waals surface area contributed by atoms with Crippen molar-refractivity contribution in [1.82, 2.24) is 4.98 Å². The van der Waals surface area contributed by atoms with Crippen LogP contribution < -0.4 is 5.73 Å². The molecule has 148 valence electrons. The number of carboxylic acids is 1. The molecule has 0 aliphatic heterocycles. The van der Waals surface area contributed by atoms with Crippen molar-refractivity contribution in [2.24, 2.45) is 11.1 Å². The topological polar surface area (TPSA) is 93.3 Å². The highest BCUT2D eigenvalue weighted by atomic mass is 16.4. The third-order valence-electron chi connectivity index (χ3n) is 5.43. The van der Waals surface area contributed by atoms with Crippen molar-refractivity contribution in [3.05, 3.63) is 89.4 Å². The SMILES string of the molecule is CC1(C)C=C(N)C(c2cccc3cccc(-c4ccncc4)c23)=C(C(=O)O)C1=C=O. The lowest BCUT2D eigenvalue weighted by atomic mass is 9.72. The third-order valence-corrected chi connectivity index (χ3v) is 5.43. The second-order valence-electron chi connectivity index (χ2n) is 7.80. The van der Waals surface area contributed by atoms with Crippen LogP contribution in [0.3, 0.4) is 0 Å². The van der Waals surface area contributed by atoms with Gasteiger partial charge in [-0.1, -0.05) is 50.2 Å². The number of benzene rings is 2. The summed E-state index contributed by atoms with van der Waals surface area (Å²) in [6.07, 6.45) is 5.15. The maximum absolute atomic E-state index is 12.3. The molecule has 5 heteroatoms. The smallest absolute Gasteiger partial charge is 0.337 e. The molecule has 1 heterocycles. The van der Waals surface area contributed by atoms with Crippen molar-refractivity contribution in [3.63, 3.8) is 0 Å². The molecule has 0 bridgehead atoms. The normalized spacial score (nSPS) is 15.7. The summed E-state index contributed by atoms with van der Waals surface area (Å²) in [5, 5.41) is 11.8. The van der Waals surface area contributed by atoms with Gasteiger partial charge in [-0.3, -0.25) is 4.98 Å². The van der Waals surface area contributed by atoms with Gasteiger partial charge in [-0.25, -0.2) is 9.59 Å². The molecule has 2 aromatic carbocycles. The number of hydrogen-bond donors (Lipinski definition) is 2. The summed E-state index contributed by atoms with van der Waals surface area (Å²) in [4.78, 5) is 28.2. The van der Waals surface area contributed by atoms with Crippen molar-refractivity contribution in [2.45, 2.75) is 13.8 Å². The van der Waals surface area contributed by atoms with E-state index in [2.05, 4.69) is 4.98 Å². The number of hydrogen-bond acceptors (Lipinski definition) is 4. The molecule has 0 saturated carbocycles. The summed E-state index contributed by atoms with van der Waals surface area (Å²) < 4.78 is 0. The highest BCUT2D eigenvalue weighted by Crippen LogP contribution is 2.45. The third kappa shape index (κ3) is 3.02. The highest BCUT2D eigenvalue weighted by molar-refractivity contribution is 6.14. The van der Waals surface area contributed by atoms with E-state index in [0.29, 0.717) is 16.8 Å².